The van der Waals surface area contributed by atoms with Crippen molar-refractivity contribution in [2.24, 2.45) is 11.8 Å². The van der Waals surface area contributed by atoms with Gasteiger partial charge in [-0.3, -0.25) is 9.78 Å². The third-order valence-corrected chi connectivity index (χ3v) is 5.22. The van der Waals surface area contributed by atoms with Crippen LogP contribution in [0.1, 0.15) is 31.9 Å². The van der Waals surface area contributed by atoms with Crippen molar-refractivity contribution < 1.29 is 0 Å². The van der Waals surface area contributed by atoms with E-state index in [4.69, 9.17) is 0 Å². The molecule has 2 atom stereocenters. The van der Waals surface area contributed by atoms with Crippen molar-refractivity contribution in [2.75, 3.05) is 19.6 Å². The molecule has 0 unspecified atom stereocenters. The molecule has 0 aromatic carbocycles. The average Bonchev–Trinajstić information content (AvgIpc) is 2.56. The summed E-state index contributed by atoms with van der Waals surface area (Å²) >= 11 is 0. The van der Waals surface area contributed by atoms with Crippen LogP contribution in [0, 0.1) is 11.8 Å². The van der Waals surface area contributed by atoms with Gasteiger partial charge in [0.05, 0.1) is 5.69 Å². The Hall–Kier alpha value is -1.94. The number of pyridine rings is 2. The van der Waals surface area contributed by atoms with Gasteiger partial charge in [0.2, 0.25) is 0 Å². The maximum atomic E-state index is 12.7. The minimum absolute atomic E-state index is 0.125. The fourth-order valence-corrected chi connectivity index (χ4v) is 4.41. The molecule has 2 aromatic heterocycles. The van der Waals surface area contributed by atoms with Crippen molar-refractivity contribution in [1.29, 1.82) is 0 Å². The third-order valence-electron chi connectivity index (χ3n) is 5.22. The molecule has 1 saturated heterocycles. The Labute approximate surface area is 143 Å². The molecule has 1 fully saturated rings. The van der Waals surface area contributed by atoms with E-state index in [1.54, 1.807) is 12.3 Å². The van der Waals surface area contributed by atoms with E-state index in [1.807, 2.05) is 22.8 Å². The fourth-order valence-electron chi connectivity index (χ4n) is 4.41. The summed E-state index contributed by atoms with van der Waals surface area (Å²) in [4.78, 5) is 19.7. The van der Waals surface area contributed by atoms with E-state index in [0.29, 0.717) is 17.8 Å². The SMILES string of the molecule is CC(C)CN1C[C@@H]2C[C@H](C1)c1cc(-c3ccccn3)cc(=O)n1C2. The molecule has 0 aliphatic carbocycles. The summed E-state index contributed by atoms with van der Waals surface area (Å²) in [5, 5.41) is 0. The van der Waals surface area contributed by atoms with Crippen molar-refractivity contribution in [3.05, 3.63) is 52.6 Å². The molecule has 4 nitrogen and oxygen atoms in total. The highest BCUT2D eigenvalue weighted by Crippen LogP contribution is 2.36. The summed E-state index contributed by atoms with van der Waals surface area (Å²) in [6, 6.07) is 9.80. The van der Waals surface area contributed by atoms with E-state index >= 15 is 0 Å². The largest absolute Gasteiger partial charge is 0.312 e. The van der Waals surface area contributed by atoms with Gasteiger partial charge in [-0.25, -0.2) is 0 Å². The van der Waals surface area contributed by atoms with Crippen LogP contribution in [0.5, 0.6) is 0 Å². The zero-order valence-electron chi connectivity index (χ0n) is 14.5. The average molecular weight is 323 g/mol. The molecule has 0 radical (unpaired) electrons. The lowest BCUT2D eigenvalue weighted by Gasteiger charge is -2.43. The molecular weight excluding hydrogens is 298 g/mol. The van der Waals surface area contributed by atoms with Crippen LogP contribution in [0.4, 0.5) is 0 Å². The maximum Gasteiger partial charge on any atom is 0.251 e. The lowest BCUT2D eigenvalue weighted by molar-refractivity contribution is 0.109. The lowest BCUT2D eigenvalue weighted by atomic mass is 9.82. The molecule has 2 bridgehead atoms. The standard InChI is InChI=1S/C20H25N3O/c1-14(2)10-22-11-15-7-17(13-22)19-8-16(9-20(24)23(19)12-15)18-5-3-4-6-21-18/h3-6,8-9,14-15,17H,7,10-13H2,1-2H3/t15-,17+/m0/s1. The smallest absolute Gasteiger partial charge is 0.251 e. The van der Waals surface area contributed by atoms with E-state index < -0.39 is 0 Å². The van der Waals surface area contributed by atoms with Gasteiger partial charge in [0.1, 0.15) is 0 Å². The number of hydrogen-bond acceptors (Lipinski definition) is 3. The Kier molecular flexibility index (Phi) is 4.01. The summed E-state index contributed by atoms with van der Waals surface area (Å²) in [6.07, 6.45) is 2.99. The fraction of sp³-hybridized carbons (Fsp3) is 0.500. The van der Waals surface area contributed by atoms with Gasteiger partial charge in [0.15, 0.2) is 0 Å². The van der Waals surface area contributed by atoms with E-state index in [-0.39, 0.29) is 5.56 Å². The molecule has 126 valence electrons. The predicted octanol–water partition coefficient (Wildman–Crippen LogP) is 2.99. The molecule has 2 aliphatic heterocycles. The van der Waals surface area contributed by atoms with Crippen molar-refractivity contribution in [1.82, 2.24) is 14.5 Å². The van der Waals surface area contributed by atoms with Gasteiger partial charge in [0, 0.05) is 55.6 Å². The van der Waals surface area contributed by atoms with Crippen molar-refractivity contribution in [2.45, 2.75) is 32.7 Å². The highest BCUT2D eigenvalue weighted by Gasteiger charge is 2.34. The molecule has 0 N–H and O–H groups in total. The normalized spacial score (nSPS) is 23.3. The van der Waals surface area contributed by atoms with Crippen molar-refractivity contribution in [3.63, 3.8) is 0 Å². The molecule has 2 aliphatic rings. The molecule has 24 heavy (non-hydrogen) atoms. The first-order chi connectivity index (χ1) is 11.6. The second-order valence-corrected chi connectivity index (χ2v) is 7.74. The zero-order chi connectivity index (χ0) is 16.7. The van der Waals surface area contributed by atoms with Gasteiger partial charge < -0.3 is 9.47 Å². The van der Waals surface area contributed by atoms with Crippen LogP contribution < -0.4 is 5.56 Å². The number of aromatic nitrogens is 2. The zero-order valence-corrected chi connectivity index (χ0v) is 14.5. The van der Waals surface area contributed by atoms with Crippen LogP contribution >= 0.6 is 0 Å². The molecule has 0 amide bonds. The summed E-state index contributed by atoms with van der Waals surface area (Å²) < 4.78 is 2.01. The second kappa shape index (κ2) is 6.17. The van der Waals surface area contributed by atoms with Gasteiger partial charge in [-0.15, -0.1) is 0 Å². The summed E-state index contributed by atoms with van der Waals surface area (Å²) in [5.74, 6) is 1.76. The summed E-state index contributed by atoms with van der Waals surface area (Å²) in [6.45, 7) is 8.77. The molecule has 0 saturated carbocycles. The lowest BCUT2D eigenvalue weighted by Crippen LogP contribution is -2.48. The molecular formula is C20H25N3O. The number of piperidine rings is 1. The van der Waals surface area contributed by atoms with Crippen LogP contribution in [0.2, 0.25) is 0 Å². The molecule has 4 heteroatoms. The Morgan fingerprint density at radius 1 is 1.21 bits per heavy atom. The quantitative estimate of drug-likeness (QED) is 0.871. The Balaban J connectivity index is 1.71. The molecule has 2 aromatic rings. The third kappa shape index (κ3) is 2.91. The number of nitrogens with zero attached hydrogens (tertiary/aromatic N) is 3. The van der Waals surface area contributed by atoms with E-state index in [2.05, 4.69) is 29.8 Å². The summed E-state index contributed by atoms with van der Waals surface area (Å²) in [7, 11) is 0. The number of fused-ring (bicyclic) bond motifs is 4. The van der Waals surface area contributed by atoms with Gasteiger partial charge in [-0.1, -0.05) is 19.9 Å². The first-order valence-corrected chi connectivity index (χ1v) is 8.98. The Bertz CT molecular complexity index is 781. The second-order valence-electron chi connectivity index (χ2n) is 7.74. The minimum Gasteiger partial charge on any atom is -0.312 e. The van der Waals surface area contributed by atoms with Gasteiger partial charge in [-0.2, -0.15) is 0 Å². The van der Waals surface area contributed by atoms with Gasteiger partial charge in [0.25, 0.3) is 5.56 Å². The molecule has 4 rings (SSSR count). The van der Waals surface area contributed by atoms with Crippen LogP contribution in [0.25, 0.3) is 11.3 Å². The highest BCUT2D eigenvalue weighted by atomic mass is 16.1. The first kappa shape index (κ1) is 15.6. The van der Waals surface area contributed by atoms with Crippen molar-refractivity contribution in [3.8, 4) is 11.3 Å². The van der Waals surface area contributed by atoms with Gasteiger partial charge in [-0.05, 0) is 36.5 Å². The van der Waals surface area contributed by atoms with Crippen LogP contribution in [0.15, 0.2) is 41.3 Å². The van der Waals surface area contributed by atoms with Crippen molar-refractivity contribution >= 4 is 0 Å². The first-order valence-electron chi connectivity index (χ1n) is 8.98. The monoisotopic (exact) mass is 323 g/mol. The van der Waals surface area contributed by atoms with E-state index in [1.165, 1.54) is 12.1 Å². The molecule has 0 spiro atoms. The van der Waals surface area contributed by atoms with E-state index in [9.17, 15) is 4.79 Å². The minimum atomic E-state index is 0.125. The van der Waals surface area contributed by atoms with Crippen LogP contribution in [0.3, 0.4) is 0 Å². The highest BCUT2D eigenvalue weighted by molar-refractivity contribution is 5.59. The van der Waals surface area contributed by atoms with E-state index in [0.717, 1.165) is 37.4 Å². The Morgan fingerprint density at radius 3 is 2.83 bits per heavy atom. The number of rotatable bonds is 3. The van der Waals surface area contributed by atoms with Crippen LogP contribution in [-0.2, 0) is 6.54 Å². The topological polar surface area (TPSA) is 38.1 Å². The molecule has 4 heterocycles. The van der Waals surface area contributed by atoms with Gasteiger partial charge >= 0.3 is 0 Å². The van der Waals surface area contributed by atoms with Crippen LogP contribution in [-0.4, -0.2) is 34.1 Å². The number of hydrogen-bond donors (Lipinski definition) is 0. The predicted molar refractivity (Wildman–Crippen MR) is 96.1 cm³/mol. The Morgan fingerprint density at radius 2 is 2.08 bits per heavy atom. The summed E-state index contributed by atoms with van der Waals surface area (Å²) in [5.41, 5.74) is 3.16. The number of likely N-dealkylation sites (tertiary alicyclic amines) is 1. The maximum absolute atomic E-state index is 12.7.